The number of hydrogen-bond acceptors (Lipinski definition) is 11. The molecular weight excluding hydrogens is 722 g/mol. The molecule has 0 aromatic carbocycles. The van der Waals surface area contributed by atoms with Crippen molar-refractivity contribution in [3.8, 4) is 0 Å². The molecule has 1 aliphatic rings. The van der Waals surface area contributed by atoms with Gasteiger partial charge in [0.2, 0.25) is 0 Å². The number of quaternary nitrogens is 1. The molecule has 16 heteroatoms. The van der Waals surface area contributed by atoms with Gasteiger partial charge in [0.15, 0.2) is 5.76 Å². The Hall–Kier alpha value is -4.02. The quantitative estimate of drug-likeness (QED) is 0.0383. The minimum atomic E-state index is -1.58. The molecule has 1 rings (SSSR count). The Labute approximate surface area is 323 Å². The molecule has 314 valence electrons. The number of nitrogens with one attached hydrogen (secondary N) is 1. The Balaban J connectivity index is 2.99. The van der Waals surface area contributed by atoms with Crippen molar-refractivity contribution >= 4 is 35.8 Å². The van der Waals surface area contributed by atoms with E-state index < -0.39 is 104 Å². The summed E-state index contributed by atoms with van der Waals surface area (Å²) in [4.78, 5) is 73.0. The normalized spacial score (nSPS) is 19.0. The fraction of sp³-hybridized carbons (Fsp3) is 0.744. The minimum absolute atomic E-state index is 0.0587. The van der Waals surface area contributed by atoms with Gasteiger partial charge in [0, 0.05) is 0 Å². The maximum absolute atomic E-state index is 13.1. The van der Waals surface area contributed by atoms with Gasteiger partial charge in [0.05, 0.1) is 43.6 Å². The van der Waals surface area contributed by atoms with Crippen molar-refractivity contribution in [2.75, 3.05) is 6.54 Å². The third kappa shape index (κ3) is 20.5. The van der Waals surface area contributed by atoms with Crippen molar-refractivity contribution in [3.05, 3.63) is 24.1 Å². The predicted octanol–water partition coefficient (Wildman–Crippen LogP) is 3.49. The smallest absolute Gasteiger partial charge is 0.307 e. The second-order valence-electron chi connectivity index (χ2n) is 15.1. The summed E-state index contributed by atoms with van der Waals surface area (Å²) in [6.45, 7) is 8.11. The number of carbonyl (C=O) groups is 6. The monoisotopic (exact) mass is 786 g/mol. The van der Waals surface area contributed by atoms with Gasteiger partial charge < -0.3 is 45.2 Å². The van der Waals surface area contributed by atoms with Crippen LogP contribution in [0.25, 0.3) is 0 Å². The molecule has 0 saturated heterocycles. The summed E-state index contributed by atoms with van der Waals surface area (Å²) in [5.74, 6) is -11.7. The maximum atomic E-state index is 13.1. The summed E-state index contributed by atoms with van der Waals surface area (Å²) in [6, 6.07) is -0.0850. The fourth-order valence-corrected chi connectivity index (χ4v) is 6.82. The summed E-state index contributed by atoms with van der Waals surface area (Å²) < 4.78 is 11.5. The Morgan fingerprint density at radius 3 is 1.78 bits per heavy atom. The zero-order chi connectivity index (χ0) is 41.7. The topological polar surface area (TPSA) is 267 Å². The van der Waals surface area contributed by atoms with Crippen LogP contribution in [0.15, 0.2) is 24.1 Å². The molecule has 0 aromatic heterocycles. The minimum Gasteiger partial charge on any atom is -0.503 e. The first-order chi connectivity index (χ1) is 25.8. The first-order valence-corrected chi connectivity index (χ1v) is 19.4. The summed E-state index contributed by atoms with van der Waals surface area (Å²) in [5.41, 5.74) is 0. The van der Waals surface area contributed by atoms with Crippen molar-refractivity contribution < 1.29 is 78.9 Å². The van der Waals surface area contributed by atoms with Crippen LogP contribution in [0.1, 0.15) is 124 Å². The molecule has 0 radical (unpaired) electrons. The SMILES string of the molecule is CCCCC(C)C(OC(=O)CC(CC(=O)O)C(=O)O)C(CC(C)CC(O)CCCCCCC(O)C(C)[NH+]1C=C(O)C=CC1)OC(=O)CC(CC(=O)O)C(=O)O. The lowest BCUT2D eigenvalue weighted by Crippen LogP contribution is -3.12. The van der Waals surface area contributed by atoms with E-state index in [-0.39, 0.29) is 30.6 Å². The van der Waals surface area contributed by atoms with Crippen LogP contribution in [0.5, 0.6) is 0 Å². The average molecular weight is 787 g/mol. The van der Waals surface area contributed by atoms with Crippen LogP contribution in [0, 0.1) is 23.7 Å². The van der Waals surface area contributed by atoms with Gasteiger partial charge in [0.25, 0.3) is 0 Å². The second kappa shape index (κ2) is 25.9. The van der Waals surface area contributed by atoms with Crippen molar-refractivity contribution in [3.63, 3.8) is 0 Å². The van der Waals surface area contributed by atoms with E-state index in [1.165, 1.54) is 0 Å². The number of carboxylic acid groups (broad SMARTS) is 4. The van der Waals surface area contributed by atoms with E-state index in [4.69, 9.17) is 19.7 Å². The average Bonchev–Trinajstić information content (AvgIpc) is 3.09. The van der Waals surface area contributed by atoms with Gasteiger partial charge in [-0.2, -0.15) is 0 Å². The molecular formula is C39H64NO15+. The molecule has 0 saturated carbocycles. The summed E-state index contributed by atoms with van der Waals surface area (Å²) in [6.07, 6.45) is 4.96. The van der Waals surface area contributed by atoms with Gasteiger partial charge in [-0.3, -0.25) is 33.7 Å². The molecule has 0 aliphatic carbocycles. The van der Waals surface area contributed by atoms with Crippen molar-refractivity contribution in [2.24, 2.45) is 23.7 Å². The number of carboxylic acids is 4. The largest absolute Gasteiger partial charge is 0.503 e. The van der Waals surface area contributed by atoms with Gasteiger partial charge in [0.1, 0.15) is 37.1 Å². The van der Waals surface area contributed by atoms with Gasteiger partial charge in [-0.25, -0.2) is 0 Å². The Morgan fingerprint density at radius 1 is 0.727 bits per heavy atom. The molecule has 10 atom stereocenters. The number of rotatable bonds is 30. The summed E-state index contributed by atoms with van der Waals surface area (Å²) in [5, 5.41) is 68.5. The standard InChI is InChI=1S/C39H63NO15/c1-5-6-12-25(3)37(55-36(49)22-28(39(52)53)20-34(46)47)32(54-35(48)21-27(38(50)51)19-33(44)45)18-24(2)17-29(41)13-9-7-8-10-15-31(43)26(4)40-16-11-14-30(42)23-40/h11,14,23-29,31-32,37,41-43H,5-10,12-13,15-22H2,1-4H3,(H,44,45)(H,46,47)(H,50,51)(H,52,53)/p+1. The number of aliphatic hydroxyl groups excluding tert-OH is 3. The highest BCUT2D eigenvalue weighted by Crippen LogP contribution is 2.29. The first kappa shape index (κ1) is 49.0. The van der Waals surface area contributed by atoms with Crippen molar-refractivity contribution in [1.29, 1.82) is 0 Å². The number of allylic oxidation sites excluding steroid dienone is 1. The van der Waals surface area contributed by atoms with E-state index >= 15 is 0 Å². The van der Waals surface area contributed by atoms with Crippen LogP contribution in [0.2, 0.25) is 0 Å². The van der Waals surface area contributed by atoms with E-state index in [1.54, 1.807) is 26.1 Å². The molecule has 0 fully saturated rings. The zero-order valence-corrected chi connectivity index (χ0v) is 32.6. The van der Waals surface area contributed by atoms with Crippen LogP contribution < -0.4 is 4.90 Å². The van der Waals surface area contributed by atoms with Gasteiger partial charge in [-0.15, -0.1) is 0 Å². The third-order valence-corrected chi connectivity index (χ3v) is 10.1. The van der Waals surface area contributed by atoms with Crippen LogP contribution in [0.3, 0.4) is 0 Å². The lowest BCUT2D eigenvalue weighted by Gasteiger charge is -2.33. The first-order valence-electron chi connectivity index (χ1n) is 19.4. The zero-order valence-electron chi connectivity index (χ0n) is 32.6. The van der Waals surface area contributed by atoms with Crippen LogP contribution >= 0.6 is 0 Å². The number of ether oxygens (including phenoxy) is 2. The third-order valence-electron chi connectivity index (χ3n) is 10.1. The fourth-order valence-electron chi connectivity index (χ4n) is 6.82. The lowest BCUT2D eigenvalue weighted by atomic mass is 9.87. The molecule has 1 aliphatic heterocycles. The van der Waals surface area contributed by atoms with Crippen molar-refractivity contribution in [2.45, 2.75) is 154 Å². The van der Waals surface area contributed by atoms with E-state index in [0.29, 0.717) is 38.6 Å². The molecule has 0 amide bonds. The van der Waals surface area contributed by atoms with E-state index in [0.717, 1.165) is 30.6 Å². The summed E-state index contributed by atoms with van der Waals surface area (Å²) >= 11 is 0. The number of hydrogen-bond donors (Lipinski definition) is 8. The Bertz CT molecular complexity index is 1300. The number of carbonyl (C=O) groups excluding carboxylic acids is 2. The maximum Gasteiger partial charge on any atom is 0.307 e. The van der Waals surface area contributed by atoms with Gasteiger partial charge in [-0.05, 0) is 63.0 Å². The highest BCUT2D eigenvalue weighted by Gasteiger charge is 2.37. The number of esters is 2. The van der Waals surface area contributed by atoms with Crippen molar-refractivity contribution in [1.82, 2.24) is 0 Å². The summed E-state index contributed by atoms with van der Waals surface area (Å²) in [7, 11) is 0. The molecule has 0 aromatic rings. The Morgan fingerprint density at radius 2 is 1.27 bits per heavy atom. The Kier molecular flexibility index (Phi) is 23.1. The molecule has 8 N–H and O–H groups in total. The van der Waals surface area contributed by atoms with Crippen LogP contribution in [0.4, 0.5) is 0 Å². The highest BCUT2D eigenvalue weighted by molar-refractivity contribution is 5.83. The number of unbranched alkanes of at least 4 members (excludes halogenated alkanes) is 4. The van der Waals surface area contributed by atoms with Gasteiger partial charge in [-0.1, -0.05) is 59.3 Å². The highest BCUT2D eigenvalue weighted by atomic mass is 16.6. The molecule has 16 nitrogen and oxygen atoms in total. The molecule has 10 unspecified atom stereocenters. The van der Waals surface area contributed by atoms with E-state index in [9.17, 15) is 54.3 Å². The predicted molar refractivity (Wildman–Crippen MR) is 198 cm³/mol. The molecule has 1 heterocycles. The lowest BCUT2D eigenvalue weighted by molar-refractivity contribution is -0.872. The van der Waals surface area contributed by atoms with Gasteiger partial charge >= 0.3 is 35.8 Å². The van der Waals surface area contributed by atoms with Crippen LogP contribution in [-0.4, -0.2) is 109 Å². The molecule has 0 bridgehead atoms. The second-order valence-corrected chi connectivity index (χ2v) is 15.1. The van der Waals surface area contributed by atoms with E-state index in [1.807, 2.05) is 19.9 Å². The number of aliphatic carboxylic acids is 4. The van der Waals surface area contributed by atoms with Crippen LogP contribution in [-0.2, 0) is 38.2 Å². The number of aliphatic hydroxyl groups is 3. The molecule has 55 heavy (non-hydrogen) atoms. The molecule has 0 spiro atoms. The van der Waals surface area contributed by atoms with E-state index in [2.05, 4.69) is 0 Å².